The third-order valence-electron chi connectivity index (χ3n) is 7.31. The topological polar surface area (TPSA) is 132 Å². The van der Waals surface area contributed by atoms with Crippen LogP contribution in [-0.2, 0) is 28.5 Å². The summed E-state index contributed by atoms with van der Waals surface area (Å²) in [6.07, 6.45) is 7.92. The highest BCUT2D eigenvalue weighted by Gasteiger charge is 2.35. The summed E-state index contributed by atoms with van der Waals surface area (Å²) in [6.45, 7) is 9.84. The van der Waals surface area contributed by atoms with Crippen molar-refractivity contribution in [3.63, 3.8) is 0 Å². The van der Waals surface area contributed by atoms with Crippen molar-refractivity contribution < 1.29 is 43.5 Å². The fourth-order valence-electron chi connectivity index (χ4n) is 4.90. The minimum atomic E-state index is -1.42. The smallest absolute Gasteiger partial charge is 0.410 e. The van der Waals surface area contributed by atoms with Gasteiger partial charge in [-0.1, -0.05) is 38.2 Å². The first-order chi connectivity index (χ1) is 18.8. The predicted octanol–water partition coefficient (Wildman–Crippen LogP) is 3.70. The Bertz CT molecular complexity index is 941. The highest BCUT2D eigenvalue weighted by molar-refractivity contribution is 5.70. The van der Waals surface area contributed by atoms with Crippen LogP contribution in [0.1, 0.15) is 66.7 Å². The molecule has 10 heteroatoms. The number of hydrogen-bond donors (Lipinski definition) is 2. The Labute approximate surface area is 238 Å². The number of cyclic esters (lactones) is 1. The molecule has 2 aliphatic heterocycles. The van der Waals surface area contributed by atoms with Crippen molar-refractivity contribution in [3.05, 3.63) is 36.0 Å². The molecule has 1 amide bonds. The van der Waals surface area contributed by atoms with E-state index in [0.717, 1.165) is 18.4 Å². The van der Waals surface area contributed by atoms with E-state index >= 15 is 0 Å². The van der Waals surface area contributed by atoms with E-state index in [1.54, 1.807) is 31.1 Å². The number of esters is 2. The van der Waals surface area contributed by atoms with Crippen molar-refractivity contribution in [1.82, 2.24) is 4.90 Å². The van der Waals surface area contributed by atoms with E-state index in [4.69, 9.17) is 18.9 Å². The van der Waals surface area contributed by atoms with Crippen LogP contribution in [0.5, 0.6) is 0 Å². The van der Waals surface area contributed by atoms with Crippen molar-refractivity contribution >= 4 is 18.0 Å². The van der Waals surface area contributed by atoms with Gasteiger partial charge in [0.15, 0.2) is 0 Å². The number of aliphatic hydroxyl groups excluding tert-OH is 1. The number of likely N-dealkylation sites (tertiary alicyclic amines) is 1. The van der Waals surface area contributed by atoms with E-state index < -0.39 is 35.9 Å². The summed E-state index contributed by atoms with van der Waals surface area (Å²) in [4.78, 5) is 38.5. The number of carbonyl (C=O) groups is 3. The van der Waals surface area contributed by atoms with E-state index in [1.165, 1.54) is 6.92 Å². The zero-order valence-electron chi connectivity index (χ0n) is 24.7. The van der Waals surface area contributed by atoms with Crippen LogP contribution >= 0.6 is 0 Å². The Morgan fingerprint density at radius 1 is 1.27 bits per heavy atom. The Balaban J connectivity index is 2.09. The first kappa shape index (κ1) is 33.5. The van der Waals surface area contributed by atoms with E-state index in [0.29, 0.717) is 13.2 Å². The maximum absolute atomic E-state index is 12.6. The van der Waals surface area contributed by atoms with Gasteiger partial charge in [0, 0.05) is 32.4 Å². The van der Waals surface area contributed by atoms with E-state index in [1.807, 2.05) is 39.0 Å². The predicted molar refractivity (Wildman–Crippen MR) is 149 cm³/mol. The van der Waals surface area contributed by atoms with Gasteiger partial charge in [-0.25, -0.2) is 4.79 Å². The number of nitrogens with zero attached hydrogens (tertiary/aromatic N) is 1. The number of ether oxygens (including phenoxy) is 4. The van der Waals surface area contributed by atoms with Crippen LogP contribution < -0.4 is 0 Å². The number of hydrogen-bond acceptors (Lipinski definition) is 9. The van der Waals surface area contributed by atoms with Crippen molar-refractivity contribution in [2.45, 2.75) is 96.7 Å². The summed E-state index contributed by atoms with van der Waals surface area (Å²) in [7, 11) is 1.62. The molecule has 10 nitrogen and oxygen atoms in total. The average Bonchev–Trinajstić information content (AvgIpc) is 3.34. The fourth-order valence-corrected chi connectivity index (χ4v) is 4.90. The average molecular weight is 566 g/mol. The molecule has 0 spiro atoms. The molecule has 0 unspecified atom stereocenters. The number of methoxy groups -OCH3 is 1. The molecule has 0 aromatic heterocycles. The Morgan fingerprint density at radius 3 is 2.67 bits per heavy atom. The molecular weight excluding hydrogens is 518 g/mol. The number of allylic oxidation sites excluding steroid dienone is 2. The van der Waals surface area contributed by atoms with E-state index in [-0.39, 0.29) is 49.8 Å². The maximum atomic E-state index is 12.6. The van der Waals surface area contributed by atoms with Crippen LogP contribution in [0.4, 0.5) is 4.79 Å². The third-order valence-corrected chi connectivity index (χ3v) is 7.31. The Morgan fingerprint density at radius 2 is 2.00 bits per heavy atom. The number of amides is 1. The summed E-state index contributed by atoms with van der Waals surface area (Å²) in [6, 6.07) is 0.0511. The molecule has 1 fully saturated rings. The van der Waals surface area contributed by atoms with Crippen LogP contribution in [0.15, 0.2) is 36.0 Å². The minimum Gasteiger partial charge on any atom is -0.457 e. The van der Waals surface area contributed by atoms with E-state index in [9.17, 15) is 24.6 Å². The third kappa shape index (κ3) is 10.7. The van der Waals surface area contributed by atoms with Gasteiger partial charge in [0.2, 0.25) is 0 Å². The molecule has 0 aliphatic carbocycles. The van der Waals surface area contributed by atoms with Gasteiger partial charge < -0.3 is 34.1 Å². The quantitative estimate of drug-likeness (QED) is 0.196. The summed E-state index contributed by atoms with van der Waals surface area (Å²) in [5.41, 5.74) is -0.665. The first-order valence-corrected chi connectivity index (χ1v) is 14.1. The zero-order chi connectivity index (χ0) is 29.9. The van der Waals surface area contributed by atoms with Gasteiger partial charge in [0.25, 0.3) is 0 Å². The number of rotatable bonds is 8. The lowest BCUT2D eigenvalue weighted by Gasteiger charge is -2.32. The van der Waals surface area contributed by atoms with Crippen molar-refractivity contribution in [1.29, 1.82) is 0 Å². The van der Waals surface area contributed by atoms with Gasteiger partial charge in [-0.3, -0.25) is 9.59 Å². The Hall–Kier alpha value is -2.69. The number of carbonyl (C=O) groups excluding carboxylic acids is 3. The van der Waals surface area contributed by atoms with Crippen molar-refractivity contribution in [2.75, 3.05) is 26.9 Å². The highest BCUT2D eigenvalue weighted by atomic mass is 16.6. The second kappa shape index (κ2) is 15.9. The SMILES string of the molecule is COC[C@H]1CCCN1C(=O)OC[C@@H](C)/C=C/C=C(\C)[C@H]1OC(=O)C[C@@H](O)CC[C@](C)(O)[C@@H](OC(C)=O)/C=C\[C@@H]1C. The molecule has 2 rings (SSSR count). The van der Waals surface area contributed by atoms with Gasteiger partial charge in [0.05, 0.1) is 31.8 Å². The summed E-state index contributed by atoms with van der Waals surface area (Å²) in [5, 5.41) is 21.3. The lowest BCUT2D eigenvalue weighted by molar-refractivity contribution is -0.157. The first-order valence-electron chi connectivity index (χ1n) is 14.1. The second-order valence-electron chi connectivity index (χ2n) is 11.2. The van der Waals surface area contributed by atoms with Crippen molar-refractivity contribution in [3.8, 4) is 0 Å². The Kier molecular flexibility index (Phi) is 13.3. The molecule has 1 saturated heterocycles. The molecular formula is C30H47NO9. The van der Waals surface area contributed by atoms with Gasteiger partial charge in [-0.2, -0.15) is 0 Å². The second-order valence-corrected chi connectivity index (χ2v) is 11.2. The van der Waals surface area contributed by atoms with Gasteiger partial charge in [0.1, 0.15) is 17.8 Å². The van der Waals surface area contributed by atoms with Crippen molar-refractivity contribution in [2.24, 2.45) is 11.8 Å². The monoisotopic (exact) mass is 565 g/mol. The van der Waals surface area contributed by atoms with Crippen LogP contribution in [0.2, 0.25) is 0 Å². The highest BCUT2D eigenvalue weighted by Crippen LogP contribution is 2.27. The fraction of sp³-hybridized carbons (Fsp3) is 0.700. The number of aliphatic hydroxyl groups is 2. The molecule has 0 saturated carbocycles. The zero-order valence-corrected chi connectivity index (χ0v) is 24.7. The molecule has 2 N–H and O–H groups in total. The summed E-state index contributed by atoms with van der Waals surface area (Å²) < 4.78 is 21.8. The molecule has 0 aromatic rings. The summed E-state index contributed by atoms with van der Waals surface area (Å²) >= 11 is 0. The molecule has 0 radical (unpaired) electrons. The van der Waals surface area contributed by atoms with Gasteiger partial charge in [-0.15, -0.1) is 0 Å². The van der Waals surface area contributed by atoms with Crippen LogP contribution in [0.25, 0.3) is 0 Å². The van der Waals surface area contributed by atoms with Gasteiger partial charge in [-0.05, 0) is 51.2 Å². The minimum absolute atomic E-state index is 0.0467. The van der Waals surface area contributed by atoms with Crippen LogP contribution in [-0.4, -0.2) is 90.0 Å². The van der Waals surface area contributed by atoms with Crippen LogP contribution in [0.3, 0.4) is 0 Å². The van der Waals surface area contributed by atoms with E-state index in [2.05, 4.69) is 0 Å². The lowest BCUT2D eigenvalue weighted by Crippen LogP contribution is -2.42. The lowest BCUT2D eigenvalue weighted by atomic mass is 9.88. The van der Waals surface area contributed by atoms with Gasteiger partial charge >= 0.3 is 18.0 Å². The normalized spacial score (nSPS) is 32.1. The maximum Gasteiger partial charge on any atom is 0.410 e. The van der Waals surface area contributed by atoms with Crippen LogP contribution in [0, 0.1) is 11.8 Å². The largest absolute Gasteiger partial charge is 0.457 e. The summed E-state index contributed by atoms with van der Waals surface area (Å²) in [5.74, 6) is -1.44. The molecule has 40 heavy (non-hydrogen) atoms. The molecule has 2 aliphatic rings. The molecule has 226 valence electrons. The molecule has 7 atom stereocenters. The molecule has 0 bridgehead atoms. The standard InChI is InChI=1S/C30H47NO9/c1-20(18-38-29(35)31-16-8-11-24(31)19-37-6)9-7-10-21(2)28-22(3)12-13-26(39-23(4)32)30(5,36)15-14-25(33)17-27(34)40-28/h7,9-10,12-13,20,22,24-26,28,33,36H,8,11,14-19H2,1-6H3/b9-7+,13-12-,21-10+/t20-,22-,24+,25-,26-,28+,30-/m0/s1. The molecule has 0 aromatic carbocycles. The molecule has 2 heterocycles.